The molecular weight excluding hydrogens is 294 g/mol. The van der Waals surface area contributed by atoms with Crippen molar-refractivity contribution < 1.29 is 9.32 Å². The molecule has 1 amide bonds. The van der Waals surface area contributed by atoms with Crippen molar-refractivity contribution in [3.63, 3.8) is 0 Å². The third-order valence-electron chi connectivity index (χ3n) is 3.56. The quantitative estimate of drug-likeness (QED) is 0.780. The van der Waals surface area contributed by atoms with Crippen molar-refractivity contribution in [2.24, 2.45) is 0 Å². The Kier molecular flexibility index (Phi) is 4.18. The second-order valence-electron chi connectivity index (χ2n) is 5.22. The monoisotopic (exact) mass is 311 g/mol. The number of rotatable bonds is 5. The van der Waals surface area contributed by atoms with Crippen LogP contribution in [-0.2, 0) is 6.54 Å². The molecule has 1 N–H and O–H groups in total. The Hall–Kier alpha value is -2.96. The minimum absolute atomic E-state index is 0.224. The molecule has 0 aromatic carbocycles. The van der Waals surface area contributed by atoms with Crippen molar-refractivity contribution in [2.45, 2.75) is 26.4 Å². The smallest absolute Gasteiger partial charge is 0.274 e. The predicted octanol–water partition coefficient (Wildman–Crippen LogP) is 2.11. The zero-order valence-corrected chi connectivity index (χ0v) is 12.9. The first kappa shape index (κ1) is 15.0. The SMILES string of the molecule is Cc1onc(C(=O)N[C@H](C)c2ccccn2)c1Cn1cccn1. The van der Waals surface area contributed by atoms with Gasteiger partial charge >= 0.3 is 0 Å². The van der Waals surface area contributed by atoms with Crippen LogP contribution in [0.5, 0.6) is 0 Å². The van der Waals surface area contributed by atoms with E-state index in [-0.39, 0.29) is 17.6 Å². The number of hydrogen-bond acceptors (Lipinski definition) is 5. The third-order valence-corrected chi connectivity index (χ3v) is 3.56. The molecule has 0 saturated heterocycles. The van der Waals surface area contributed by atoms with Gasteiger partial charge in [0.2, 0.25) is 0 Å². The van der Waals surface area contributed by atoms with Gasteiger partial charge in [0.15, 0.2) is 5.69 Å². The molecule has 0 bridgehead atoms. The first-order valence-corrected chi connectivity index (χ1v) is 7.29. The van der Waals surface area contributed by atoms with E-state index in [1.165, 1.54) is 0 Å². The van der Waals surface area contributed by atoms with E-state index in [1.807, 2.05) is 37.4 Å². The lowest BCUT2D eigenvalue weighted by molar-refractivity contribution is 0.0929. The van der Waals surface area contributed by atoms with Crippen LogP contribution in [0.25, 0.3) is 0 Å². The maximum Gasteiger partial charge on any atom is 0.274 e. The lowest BCUT2D eigenvalue weighted by atomic mass is 10.1. The van der Waals surface area contributed by atoms with E-state index in [9.17, 15) is 4.79 Å². The van der Waals surface area contributed by atoms with E-state index < -0.39 is 0 Å². The van der Waals surface area contributed by atoms with Crippen LogP contribution in [0.1, 0.15) is 40.5 Å². The van der Waals surface area contributed by atoms with Gasteiger partial charge in [-0.15, -0.1) is 0 Å². The van der Waals surface area contributed by atoms with E-state index >= 15 is 0 Å². The van der Waals surface area contributed by atoms with Crippen molar-refractivity contribution in [1.29, 1.82) is 0 Å². The van der Waals surface area contributed by atoms with Gasteiger partial charge in [0.1, 0.15) is 5.76 Å². The van der Waals surface area contributed by atoms with Crippen LogP contribution in [0.4, 0.5) is 0 Å². The standard InChI is InChI=1S/C16H17N5O2/c1-11(14-6-3-4-7-17-14)19-16(22)15-13(12(2)23-20-15)10-21-9-5-8-18-21/h3-9,11H,10H2,1-2H3,(H,19,22)/t11-/m1/s1. The average molecular weight is 311 g/mol. The number of carbonyl (C=O) groups is 1. The largest absolute Gasteiger partial charge is 0.361 e. The van der Waals surface area contributed by atoms with E-state index in [2.05, 4.69) is 20.6 Å². The molecule has 0 aliphatic carbocycles. The fraction of sp³-hybridized carbons (Fsp3) is 0.250. The van der Waals surface area contributed by atoms with Crippen molar-refractivity contribution >= 4 is 5.91 Å². The summed E-state index contributed by atoms with van der Waals surface area (Å²) >= 11 is 0. The molecule has 3 aromatic heterocycles. The topological polar surface area (TPSA) is 85.8 Å². The molecular formula is C16H17N5O2. The van der Waals surface area contributed by atoms with Crippen molar-refractivity contribution in [3.8, 4) is 0 Å². The highest BCUT2D eigenvalue weighted by atomic mass is 16.5. The lowest BCUT2D eigenvalue weighted by Gasteiger charge is -2.12. The number of carbonyl (C=O) groups excluding carboxylic acids is 1. The summed E-state index contributed by atoms with van der Waals surface area (Å²) in [5, 5.41) is 10.9. The molecule has 3 rings (SSSR count). The summed E-state index contributed by atoms with van der Waals surface area (Å²) in [4.78, 5) is 16.7. The summed E-state index contributed by atoms with van der Waals surface area (Å²) in [6.07, 6.45) is 5.21. The highest BCUT2D eigenvalue weighted by Gasteiger charge is 2.22. The van der Waals surface area contributed by atoms with E-state index in [0.29, 0.717) is 12.3 Å². The number of amides is 1. The molecule has 118 valence electrons. The summed E-state index contributed by atoms with van der Waals surface area (Å²) < 4.78 is 6.91. The second-order valence-corrected chi connectivity index (χ2v) is 5.22. The number of aromatic nitrogens is 4. The van der Waals surface area contributed by atoms with Crippen LogP contribution in [0.15, 0.2) is 47.4 Å². The summed E-state index contributed by atoms with van der Waals surface area (Å²) in [6, 6.07) is 7.18. The number of aryl methyl sites for hydroxylation is 1. The molecule has 0 spiro atoms. The molecule has 0 radical (unpaired) electrons. The molecule has 0 aliphatic heterocycles. The highest BCUT2D eigenvalue weighted by molar-refractivity contribution is 5.94. The first-order valence-electron chi connectivity index (χ1n) is 7.29. The molecule has 7 nitrogen and oxygen atoms in total. The van der Waals surface area contributed by atoms with Crippen LogP contribution < -0.4 is 5.32 Å². The van der Waals surface area contributed by atoms with Crippen molar-refractivity contribution in [3.05, 3.63) is 65.6 Å². The van der Waals surface area contributed by atoms with Gasteiger partial charge in [-0.05, 0) is 32.0 Å². The Morgan fingerprint density at radius 1 is 1.35 bits per heavy atom. The molecule has 3 heterocycles. The minimum Gasteiger partial charge on any atom is -0.361 e. The van der Waals surface area contributed by atoms with Gasteiger partial charge in [-0.2, -0.15) is 5.10 Å². The molecule has 0 fully saturated rings. The number of hydrogen-bond donors (Lipinski definition) is 1. The molecule has 23 heavy (non-hydrogen) atoms. The van der Waals surface area contributed by atoms with E-state index in [4.69, 9.17) is 4.52 Å². The predicted molar refractivity (Wildman–Crippen MR) is 82.7 cm³/mol. The van der Waals surface area contributed by atoms with E-state index in [1.54, 1.807) is 24.0 Å². The maximum atomic E-state index is 12.5. The Labute approximate surface area is 133 Å². The number of pyridine rings is 1. The van der Waals surface area contributed by atoms with Crippen molar-refractivity contribution in [2.75, 3.05) is 0 Å². The molecule has 7 heteroatoms. The Morgan fingerprint density at radius 2 is 2.22 bits per heavy atom. The van der Waals surface area contributed by atoms with Crippen LogP contribution >= 0.6 is 0 Å². The average Bonchev–Trinajstić information content (AvgIpc) is 3.19. The van der Waals surface area contributed by atoms with Crippen LogP contribution in [0.3, 0.4) is 0 Å². The Bertz CT molecular complexity index is 780. The summed E-state index contributed by atoms with van der Waals surface area (Å²) in [5.41, 5.74) is 1.79. The maximum absolute atomic E-state index is 12.5. The summed E-state index contributed by atoms with van der Waals surface area (Å²) in [5.74, 6) is 0.318. The fourth-order valence-electron chi connectivity index (χ4n) is 2.28. The molecule has 0 aliphatic rings. The zero-order chi connectivity index (χ0) is 16.2. The normalized spacial score (nSPS) is 12.1. The van der Waals surface area contributed by atoms with Gasteiger partial charge in [-0.3, -0.25) is 14.5 Å². The Morgan fingerprint density at radius 3 is 2.91 bits per heavy atom. The van der Waals surface area contributed by atoms with Crippen LogP contribution in [0, 0.1) is 6.92 Å². The van der Waals surface area contributed by atoms with Crippen molar-refractivity contribution in [1.82, 2.24) is 25.2 Å². The van der Waals surface area contributed by atoms with Crippen LogP contribution in [-0.4, -0.2) is 25.8 Å². The number of nitrogens with one attached hydrogen (secondary N) is 1. The van der Waals surface area contributed by atoms with E-state index in [0.717, 1.165) is 11.3 Å². The summed E-state index contributed by atoms with van der Waals surface area (Å²) in [6.45, 7) is 4.09. The van der Waals surface area contributed by atoms with Gasteiger partial charge in [0.05, 0.1) is 18.3 Å². The minimum atomic E-state index is -0.290. The summed E-state index contributed by atoms with van der Waals surface area (Å²) in [7, 11) is 0. The number of nitrogens with zero attached hydrogens (tertiary/aromatic N) is 4. The second kappa shape index (κ2) is 6.43. The van der Waals surface area contributed by atoms with Gasteiger partial charge < -0.3 is 9.84 Å². The van der Waals surface area contributed by atoms with Gasteiger partial charge in [-0.1, -0.05) is 11.2 Å². The van der Waals surface area contributed by atoms with Gasteiger partial charge in [0.25, 0.3) is 5.91 Å². The van der Waals surface area contributed by atoms with Gasteiger partial charge in [0, 0.05) is 24.2 Å². The first-order chi connectivity index (χ1) is 11.1. The zero-order valence-electron chi connectivity index (χ0n) is 12.9. The molecule has 3 aromatic rings. The fourth-order valence-corrected chi connectivity index (χ4v) is 2.28. The highest BCUT2D eigenvalue weighted by Crippen LogP contribution is 2.16. The Balaban J connectivity index is 1.77. The molecule has 0 unspecified atom stereocenters. The molecule has 1 atom stereocenters. The third kappa shape index (κ3) is 3.28. The molecule has 0 saturated carbocycles. The van der Waals surface area contributed by atoms with Crippen LogP contribution in [0.2, 0.25) is 0 Å². The van der Waals surface area contributed by atoms with Gasteiger partial charge in [-0.25, -0.2) is 0 Å². The lowest BCUT2D eigenvalue weighted by Crippen LogP contribution is -2.28.